The summed E-state index contributed by atoms with van der Waals surface area (Å²) in [5.74, 6) is 2.06. The summed E-state index contributed by atoms with van der Waals surface area (Å²) in [4.78, 5) is 8.79. The first-order valence-electron chi connectivity index (χ1n) is 12.3. The van der Waals surface area contributed by atoms with Gasteiger partial charge in [-0.15, -0.1) is 0 Å². The van der Waals surface area contributed by atoms with Crippen LogP contribution in [-0.2, 0) is 12.8 Å². The molecule has 0 unspecified atom stereocenters. The van der Waals surface area contributed by atoms with Crippen LogP contribution in [0.25, 0.3) is 11.4 Å². The molecule has 3 heteroatoms. The monoisotopic (exact) mass is 410 g/mol. The third kappa shape index (κ3) is 6.89. The Morgan fingerprint density at radius 2 is 1.47 bits per heavy atom. The Labute approximate surface area is 182 Å². The van der Waals surface area contributed by atoms with Crippen molar-refractivity contribution in [2.24, 2.45) is 11.8 Å². The molecule has 0 bridgehead atoms. The normalized spacial score (nSPS) is 19.2. The van der Waals surface area contributed by atoms with Crippen molar-refractivity contribution in [3.8, 4) is 11.4 Å². The SMILES string of the molecule is CCCCC[C@H]1CC[C@H](CCc2ccc(-c3ncc(CCCC)cn3)c(F)c2)CC1. The maximum absolute atomic E-state index is 14.7. The molecular weight excluding hydrogens is 371 g/mol. The molecule has 1 fully saturated rings. The van der Waals surface area contributed by atoms with E-state index in [2.05, 4.69) is 29.9 Å². The summed E-state index contributed by atoms with van der Waals surface area (Å²) >= 11 is 0. The van der Waals surface area contributed by atoms with Crippen molar-refractivity contribution in [1.29, 1.82) is 0 Å². The highest BCUT2D eigenvalue weighted by Gasteiger charge is 2.20. The largest absolute Gasteiger partial charge is 0.236 e. The van der Waals surface area contributed by atoms with Gasteiger partial charge in [0.05, 0.1) is 5.56 Å². The van der Waals surface area contributed by atoms with E-state index in [9.17, 15) is 4.39 Å². The highest BCUT2D eigenvalue weighted by Crippen LogP contribution is 2.34. The van der Waals surface area contributed by atoms with Gasteiger partial charge in [0.2, 0.25) is 0 Å². The van der Waals surface area contributed by atoms with Gasteiger partial charge in [-0.3, -0.25) is 0 Å². The number of aryl methyl sites for hydroxylation is 2. The van der Waals surface area contributed by atoms with Crippen LogP contribution in [0.4, 0.5) is 4.39 Å². The molecule has 1 aliphatic carbocycles. The third-order valence-corrected chi connectivity index (χ3v) is 6.82. The molecule has 164 valence electrons. The summed E-state index contributed by atoms with van der Waals surface area (Å²) in [5.41, 5.74) is 2.73. The van der Waals surface area contributed by atoms with Gasteiger partial charge in [-0.05, 0) is 60.8 Å². The van der Waals surface area contributed by atoms with Gasteiger partial charge >= 0.3 is 0 Å². The number of halogens is 1. The van der Waals surface area contributed by atoms with Gasteiger partial charge in [-0.1, -0.05) is 77.7 Å². The Balaban J connectivity index is 1.48. The molecule has 0 saturated heterocycles. The molecule has 1 saturated carbocycles. The van der Waals surface area contributed by atoms with Crippen LogP contribution < -0.4 is 0 Å². The molecule has 0 N–H and O–H groups in total. The molecule has 0 aliphatic heterocycles. The minimum absolute atomic E-state index is 0.201. The number of hydrogen-bond donors (Lipinski definition) is 0. The van der Waals surface area contributed by atoms with Gasteiger partial charge in [0.25, 0.3) is 0 Å². The molecule has 1 aromatic heterocycles. The molecule has 0 atom stereocenters. The zero-order chi connectivity index (χ0) is 21.2. The standard InChI is InChI=1S/C27H39FN2/c1-3-5-7-9-21-10-12-22(13-11-21)14-15-23-16-17-25(26(28)18-23)27-29-19-24(20-30-27)8-6-4-2/h16-22H,3-15H2,1-2H3/t21-,22-. The first-order valence-corrected chi connectivity index (χ1v) is 12.3. The summed E-state index contributed by atoms with van der Waals surface area (Å²) in [5, 5.41) is 0. The van der Waals surface area contributed by atoms with E-state index >= 15 is 0 Å². The molecule has 30 heavy (non-hydrogen) atoms. The van der Waals surface area contributed by atoms with E-state index in [-0.39, 0.29) is 5.82 Å². The third-order valence-electron chi connectivity index (χ3n) is 6.82. The fraction of sp³-hybridized carbons (Fsp3) is 0.630. The van der Waals surface area contributed by atoms with Crippen LogP contribution in [-0.4, -0.2) is 9.97 Å². The molecule has 0 spiro atoms. The fourth-order valence-electron chi connectivity index (χ4n) is 4.76. The average Bonchev–Trinajstić information content (AvgIpc) is 2.78. The maximum atomic E-state index is 14.7. The van der Waals surface area contributed by atoms with Crippen molar-refractivity contribution >= 4 is 0 Å². The van der Waals surface area contributed by atoms with E-state index in [1.165, 1.54) is 57.8 Å². The Morgan fingerprint density at radius 1 is 0.800 bits per heavy atom. The Hall–Kier alpha value is -1.77. The molecule has 0 radical (unpaired) electrons. The van der Waals surface area contributed by atoms with Crippen LogP contribution in [0, 0.1) is 17.7 Å². The van der Waals surface area contributed by atoms with Crippen molar-refractivity contribution in [2.75, 3.05) is 0 Å². The summed E-state index contributed by atoms with van der Waals surface area (Å²) in [6.07, 6.45) is 20.1. The number of benzene rings is 1. The summed E-state index contributed by atoms with van der Waals surface area (Å²) in [6, 6.07) is 5.61. The zero-order valence-corrected chi connectivity index (χ0v) is 19.0. The summed E-state index contributed by atoms with van der Waals surface area (Å²) < 4.78 is 14.7. The van der Waals surface area contributed by atoms with Gasteiger partial charge in [0, 0.05) is 12.4 Å². The van der Waals surface area contributed by atoms with Crippen LogP contribution >= 0.6 is 0 Å². The van der Waals surface area contributed by atoms with E-state index in [1.54, 1.807) is 6.07 Å². The van der Waals surface area contributed by atoms with Gasteiger partial charge in [-0.2, -0.15) is 0 Å². The first-order chi connectivity index (χ1) is 14.7. The molecule has 1 heterocycles. The number of nitrogens with zero attached hydrogens (tertiary/aromatic N) is 2. The van der Waals surface area contributed by atoms with Gasteiger partial charge in [-0.25, -0.2) is 14.4 Å². The topological polar surface area (TPSA) is 25.8 Å². The lowest BCUT2D eigenvalue weighted by atomic mass is 9.78. The maximum Gasteiger partial charge on any atom is 0.162 e. The summed E-state index contributed by atoms with van der Waals surface area (Å²) in [6.45, 7) is 4.45. The van der Waals surface area contributed by atoms with E-state index in [0.717, 1.165) is 48.6 Å². The minimum Gasteiger partial charge on any atom is -0.236 e. The van der Waals surface area contributed by atoms with Gasteiger partial charge < -0.3 is 0 Å². The van der Waals surface area contributed by atoms with Crippen LogP contribution in [0.2, 0.25) is 0 Å². The molecule has 0 amide bonds. The Kier molecular flexibility index (Phi) is 9.29. The van der Waals surface area contributed by atoms with Crippen molar-refractivity contribution in [3.63, 3.8) is 0 Å². The number of hydrogen-bond acceptors (Lipinski definition) is 2. The predicted octanol–water partition coefficient (Wildman–Crippen LogP) is 7.94. The number of aromatic nitrogens is 2. The van der Waals surface area contributed by atoms with E-state index in [4.69, 9.17) is 0 Å². The van der Waals surface area contributed by atoms with Crippen LogP contribution in [0.1, 0.15) is 95.6 Å². The Bertz CT molecular complexity index is 748. The lowest BCUT2D eigenvalue weighted by Crippen LogP contribution is -2.15. The fourth-order valence-corrected chi connectivity index (χ4v) is 4.76. The molecule has 2 nitrogen and oxygen atoms in total. The minimum atomic E-state index is -0.201. The summed E-state index contributed by atoms with van der Waals surface area (Å²) in [7, 11) is 0. The van der Waals surface area contributed by atoms with Crippen molar-refractivity contribution < 1.29 is 4.39 Å². The molecule has 2 aromatic rings. The van der Waals surface area contributed by atoms with Crippen molar-refractivity contribution in [3.05, 3.63) is 47.5 Å². The lowest BCUT2D eigenvalue weighted by molar-refractivity contribution is 0.249. The molecule has 1 aliphatic rings. The molecular formula is C27H39FN2. The van der Waals surface area contributed by atoms with E-state index in [0.29, 0.717) is 11.4 Å². The first kappa shape index (κ1) is 22.9. The number of unbranched alkanes of at least 4 members (excludes halogenated alkanes) is 3. The van der Waals surface area contributed by atoms with Gasteiger partial charge in [0.15, 0.2) is 5.82 Å². The molecule has 1 aromatic carbocycles. The smallest absolute Gasteiger partial charge is 0.162 e. The second-order valence-corrected chi connectivity index (χ2v) is 9.25. The van der Waals surface area contributed by atoms with E-state index in [1.807, 2.05) is 18.5 Å². The predicted molar refractivity (Wildman–Crippen MR) is 124 cm³/mol. The second kappa shape index (κ2) is 12.2. The highest BCUT2D eigenvalue weighted by molar-refractivity contribution is 5.56. The highest BCUT2D eigenvalue weighted by atomic mass is 19.1. The number of rotatable bonds is 11. The van der Waals surface area contributed by atoms with E-state index < -0.39 is 0 Å². The quantitative estimate of drug-likeness (QED) is 0.351. The van der Waals surface area contributed by atoms with Crippen molar-refractivity contribution in [1.82, 2.24) is 9.97 Å². The lowest BCUT2D eigenvalue weighted by Gasteiger charge is -2.28. The van der Waals surface area contributed by atoms with Crippen LogP contribution in [0.15, 0.2) is 30.6 Å². The van der Waals surface area contributed by atoms with Crippen LogP contribution in [0.3, 0.4) is 0 Å². The zero-order valence-electron chi connectivity index (χ0n) is 19.0. The average molecular weight is 411 g/mol. The van der Waals surface area contributed by atoms with Crippen molar-refractivity contribution in [2.45, 2.75) is 97.3 Å². The van der Waals surface area contributed by atoms with Crippen LogP contribution in [0.5, 0.6) is 0 Å². The molecule has 3 rings (SSSR count). The Morgan fingerprint density at radius 3 is 2.10 bits per heavy atom. The van der Waals surface area contributed by atoms with Gasteiger partial charge in [0.1, 0.15) is 5.82 Å². The second-order valence-electron chi connectivity index (χ2n) is 9.25.